The van der Waals surface area contributed by atoms with Gasteiger partial charge in [-0.05, 0) is 0 Å². The van der Waals surface area contributed by atoms with Gasteiger partial charge in [0.2, 0.25) is 10.0 Å². The number of nitrogens with zero attached hydrogens (tertiary/aromatic N) is 1. The Labute approximate surface area is 90.1 Å². The van der Waals surface area contributed by atoms with E-state index in [0.29, 0.717) is 0 Å². The van der Waals surface area contributed by atoms with Crippen LogP contribution in [0.25, 0.3) is 0 Å². The van der Waals surface area contributed by atoms with Crippen molar-refractivity contribution in [1.29, 1.82) is 0 Å². The van der Waals surface area contributed by atoms with Gasteiger partial charge in [-0.2, -0.15) is 4.31 Å². The van der Waals surface area contributed by atoms with E-state index < -0.39 is 26.2 Å². The van der Waals surface area contributed by atoms with E-state index in [1.807, 2.05) is 4.98 Å². The number of nitrogens with one attached hydrogen (secondary N) is 2. The summed E-state index contributed by atoms with van der Waals surface area (Å²) in [4.78, 5) is 25.5. The molecule has 0 radical (unpaired) electrons. The van der Waals surface area contributed by atoms with Crippen LogP contribution in [0, 0.1) is 0 Å². The number of aromatic amines is 2. The van der Waals surface area contributed by atoms with Gasteiger partial charge in [-0.1, -0.05) is 0 Å². The SMILES string of the molecule is NC1CN(S(=O)(=O)c2c[nH]c(=O)[nH]c2=O)C1. The lowest BCUT2D eigenvalue weighted by molar-refractivity contribution is 0.265. The van der Waals surface area contributed by atoms with E-state index in [4.69, 9.17) is 5.73 Å². The van der Waals surface area contributed by atoms with Crippen molar-refractivity contribution in [2.24, 2.45) is 5.73 Å². The predicted octanol–water partition coefficient (Wildman–Crippen LogP) is -2.61. The molecule has 0 aliphatic carbocycles. The van der Waals surface area contributed by atoms with Crippen molar-refractivity contribution in [1.82, 2.24) is 14.3 Å². The molecule has 9 heteroatoms. The molecule has 1 aromatic rings. The second kappa shape index (κ2) is 3.54. The van der Waals surface area contributed by atoms with Gasteiger partial charge in [0, 0.05) is 25.3 Å². The topological polar surface area (TPSA) is 129 Å². The second-order valence-corrected chi connectivity index (χ2v) is 5.42. The Morgan fingerprint density at radius 2 is 2.00 bits per heavy atom. The van der Waals surface area contributed by atoms with Crippen LogP contribution in [0.2, 0.25) is 0 Å². The zero-order valence-electron chi connectivity index (χ0n) is 8.13. The van der Waals surface area contributed by atoms with Gasteiger partial charge in [0.1, 0.15) is 0 Å². The van der Waals surface area contributed by atoms with Gasteiger partial charge >= 0.3 is 5.69 Å². The standard InChI is InChI=1S/C7H10N4O4S/c8-4-2-11(3-4)16(14,15)5-1-9-7(13)10-6(5)12/h1,4H,2-3,8H2,(H2,9,10,12,13). The first-order chi connectivity index (χ1) is 7.41. The van der Waals surface area contributed by atoms with Crippen LogP contribution in [0.5, 0.6) is 0 Å². The highest BCUT2D eigenvalue weighted by atomic mass is 32.2. The first-order valence-electron chi connectivity index (χ1n) is 4.49. The highest BCUT2D eigenvalue weighted by Crippen LogP contribution is 2.16. The summed E-state index contributed by atoms with van der Waals surface area (Å²) in [6.07, 6.45) is 0.889. The molecule has 16 heavy (non-hydrogen) atoms. The van der Waals surface area contributed by atoms with E-state index in [1.165, 1.54) is 0 Å². The Morgan fingerprint density at radius 3 is 2.50 bits per heavy atom. The molecule has 0 saturated carbocycles. The van der Waals surface area contributed by atoms with Crippen molar-refractivity contribution < 1.29 is 8.42 Å². The molecule has 1 aliphatic rings. The Bertz CT molecular complexity index is 610. The third kappa shape index (κ3) is 1.68. The number of rotatable bonds is 2. The molecule has 0 aromatic carbocycles. The zero-order valence-corrected chi connectivity index (χ0v) is 8.95. The van der Waals surface area contributed by atoms with Gasteiger partial charge < -0.3 is 10.7 Å². The van der Waals surface area contributed by atoms with Gasteiger partial charge in [0.15, 0.2) is 4.90 Å². The summed E-state index contributed by atoms with van der Waals surface area (Å²) >= 11 is 0. The van der Waals surface area contributed by atoms with E-state index in [2.05, 4.69) is 4.98 Å². The summed E-state index contributed by atoms with van der Waals surface area (Å²) in [7, 11) is -3.84. The molecule has 1 fully saturated rings. The average molecular weight is 246 g/mol. The minimum atomic E-state index is -3.84. The van der Waals surface area contributed by atoms with Gasteiger partial charge in [-0.25, -0.2) is 13.2 Å². The molecule has 0 amide bonds. The van der Waals surface area contributed by atoms with Gasteiger partial charge in [-0.15, -0.1) is 0 Å². The molecule has 2 rings (SSSR count). The fourth-order valence-electron chi connectivity index (χ4n) is 1.39. The molecule has 1 aromatic heterocycles. The van der Waals surface area contributed by atoms with Gasteiger partial charge in [0.05, 0.1) is 0 Å². The molecule has 0 atom stereocenters. The number of H-pyrrole nitrogens is 2. The molecule has 8 nitrogen and oxygen atoms in total. The lowest BCUT2D eigenvalue weighted by atomic mass is 10.2. The number of sulfonamides is 1. The number of hydrogen-bond acceptors (Lipinski definition) is 5. The third-order valence-corrected chi connectivity index (χ3v) is 4.12. The van der Waals surface area contributed by atoms with E-state index in [1.54, 1.807) is 0 Å². The van der Waals surface area contributed by atoms with E-state index in [9.17, 15) is 18.0 Å². The molecule has 4 N–H and O–H groups in total. The summed E-state index contributed by atoms with van der Waals surface area (Å²) in [6, 6.07) is -0.198. The van der Waals surface area contributed by atoms with E-state index >= 15 is 0 Å². The normalized spacial score (nSPS) is 18.3. The van der Waals surface area contributed by atoms with Gasteiger partial charge in [0.25, 0.3) is 5.56 Å². The van der Waals surface area contributed by atoms with E-state index in [-0.39, 0.29) is 19.1 Å². The summed E-state index contributed by atoms with van der Waals surface area (Å²) in [6.45, 7) is 0.363. The predicted molar refractivity (Wildman–Crippen MR) is 54.4 cm³/mol. The Hall–Kier alpha value is -1.45. The molecule has 0 spiro atoms. The van der Waals surface area contributed by atoms with Crippen LogP contribution in [0.15, 0.2) is 20.7 Å². The Kier molecular flexibility index (Phi) is 2.45. The van der Waals surface area contributed by atoms with Crippen LogP contribution in [0.1, 0.15) is 0 Å². The monoisotopic (exact) mass is 246 g/mol. The molecule has 0 unspecified atom stereocenters. The molecule has 1 saturated heterocycles. The molecular weight excluding hydrogens is 236 g/mol. The van der Waals surface area contributed by atoms with Crippen LogP contribution in [0.3, 0.4) is 0 Å². The van der Waals surface area contributed by atoms with Crippen LogP contribution >= 0.6 is 0 Å². The minimum absolute atomic E-state index is 0.181. The minimum Gasteiger partial charge on any atom is -0.325 e. The first kappa shape index (κ1) is 11.0. The number of nitrogens with two attached hydrogens (primary N) is 1. The molecule has 1 aliphatic heterocycles. The summed E-state index contributed by atoms with van der Waals surface area (Å²) < 4.78 is 24.7. The van der Waals surface area contributed by atoms with Crippen molar-refractivity contribution in [3.05, 3.63) is 27.0 Å². The van der Waals surface area contributed by atoms with Crippen LogP contribution in [0.4, 0.5) is 0 Å². The maximum absolute atomic E-state index is 11.8. The fourth-order valence-corrected chi connectivity index (χ4v) is 2.94. The van der Waals surface area contributed by atoms with Crippen LogP contribution in [-0.2, 0) is 10.0 Å². The number of hydrogen-bond donors (Lipinski definition) is 3. The highest BCUT2D eigenvalue weighted by molar-refractivity contribution is 7.89. The van der Waals surface area contributed by atoms with Crippen LogP contribution < -0.4 is 17.0 Å². The number of aromatic nitrogens is 2. The van der Waals surface area contributed by atoms with Crippen molar-refractivity contribution >= 4 is 10.0 Å². The third-order valence-electron chi connectivity index (χ3n) is 2.28. The van der Waals surface area contributed by atoms with Crippen LogP contribution in [-0.4, -0.2) is 41.8 Å². The molecule has 88 valence electrons. The maximum atomic E-state index is 11.8. The van der Waals surface area contributed by atoms with Crippen molar-refractivity contribution in [3.63, 3.8) is 0 Å². The van der Waals surface area contributed by atoms with Crippen molar-refractivity contribution in [2.75, 3.05) is 13.1 Å². The fraction of sp³-hybridized carbons (Fsp3) is 0.429. The molecule has 2 heterocycles. The summed E-state index contributed by atoms with van der Waals surface area (Å²) in [5.41, 5.74) is 3.78. The largest absolute Gasteiger partial charge is 0.325 e. The van der Waals surface area contributed by atoms with Crippen molar-refractivity contribution in [3.8, 4) is 0 Å². The average Bonchev–Trinajstić information content (AvgIpc) is 2.12. The maximum Gasteiger partial charge on any atom is 0.325 e. The smallest absolute Gasteiger partial charge is 0.325 e. The lowest BCUT2D eigenvalue weighted by Gasteiger charge is -2.35. The molecular formula is C7H10N4O4S. The zero-order chi connectivity index (χ0) is 11.9. The van der Waals surface area contributed by atoms with Crippen molar-refractivity contribution in [2.45, 2.75) is 10.9 Å². The highest BCUT2D eigenvalue weighted by Gasteiger charge is 2.36. The summed E-state index contributed by atoms with van der Waals surface area (Å²) in [5, 5.41) is 0. The summed E-state index contributed by atoms with van der Waals surface area (Å²) in [5.74, 6) is 0. The molecule has 0 bridgehead atoms. The first-order valence-corrected chi connectivity index (χ1v) is 5.93. The lowest BCUT2D eigenvalue weighted by Crippen LogP contribution is -2.58. The van der Waals surface area contributed by atoms with Gasteiger partial charge in [-0.3, -0.25) is 9.78 Å². The Balaban J connectivity index is 2.44. The quantitative estimate of drug-likeness (QED) is 0.526. The Morgan fingerprint density at radius 1 is 1.38 bits per heavy atom. The second-order valence-electron chi connectivity index (χ2n) is 3.52. The van der Waals surface area contributed by atoms with E-state index in [0.717, 1.165) is 10.5 Å².